The van der Waals surface area contributed by atoms with Crippen molar-refractivity contribution in [3.63, 3.8) is 0 Å². The van der Waals surface area contributed by atoms with Crippen LogP contribution in [0.15, 0.2) is 30.3 Å². The summed E-state index contributed by atoms with van der Waals surface area (Å²) in [7, 11) is 3.42. The minimum absolute atomic E-state index is 0.0431. The number of hydrogen-bond acceptors (Lipinski definition) is 3. The number of nitrogens with zero attached hydrogens (tertiary/aromatic N) is 1. The summed E-state index contributed by atoms with van der Waals surface area (Å²) in [6, 6.07) is 7.11. The summed E-state index contributed by atoms with van der Waals surface area (Å²) in [4.78, 5) is 24.9. The minimum Gasteiger partial charge on any atom is -0.377 e. The van der Waals surface area contributed by atoms with E-state index in [1.54, 1.807) is 32.3 Å². The van der Waals surface area contributed by atoms with Crippen molar-refractivity contribution in [3.05, 3.63) is 41.5 Å². The lowest BCUT2D eigenvalue weighted by Gasteiger charge is -2.09. The van der Waals surface area contributed by atoms with Crippen molar-refractivity contribution in [2.75, 3.05) is 27.2 Å². The van der Waals surface area contributed by atoms with Crippen LogP contribution >= 0.6 is 0 Å². The van der Waals surface area contributed by atoms with Gasteiger partial charge in [-0.15, -0.1) is 0 Å². The number of benzene rings is 1. The third-order valence-electron chi connectivity index (χ3n) is 2.84. The topological polar surface area (TPSA) is 58.6 Å². The quantitative estimate of drug-likeness (QED) is 0.618. The summed E-state index contributed by atoms with van der Waals surface area (Å²) in [5, 5.41) is 2.74. The molecule has 5 nitrogen and oxygen atoms in total. The first kappa shape index (κ1) is 17.9. The van der Waals surface area contributed by atoms with Gasteiger partial charge in [0.05, 0.1) is 12.7 Å². The second-order valence-electron chi connectivity index (χ2n) is 5.37. The van der Waals surface area contributed by atoms with E-state index in [1.807, 2.05) is 26.0 Å². The highest BCUT2D eigenvalue weighted by atomic mass is 16.5. The predicted molar refractivity (Wildman–Crippen MR) is 87.6 cm³/mol. The van der Waals surface area contributed by atoms with Gasteiger partial charge in [-0.1, -0.05) is 12.1 Å². The molecule has 0 aliphatic heterocycles. The lowest BCUT2D eigenvalue weighted by Crippen LogP contribution is -2.26. The molecule has 0 saturated carbocycles. The van der Waals surface area contributed by atoms with Crippen LogP contribution in [0.1, 0.15) is 29.8 Å². The SMILES string of the molecule is CC(C)OCCNC(=O)/C=C/c1ccc(C(=O)N(C)C)cc1. The molecule has 1 N–H and O–H groups in total. The molecule has 0 radical (unpaired) electrons. The lowest BCUT2D eigenvalue weighted by molar-refractivity contribution is -0.116. The molecule has 0 fully saturated rings. The van der Waals surface area contributed by atoms with Crippen LogP contribution in [0, 0.1) is 0 Å². The number of amides is 2. The smallest absolute Gasteiger partial charge is 0.253 e. The molecule has 0 unspecified atom stereocenters. The summed E-state index contributed by atoms with van der Waals surface area (Å²) < 4.78 is 5.34. The minimum atomic E-state index is -0.166. The molecular formula is C17H24N2O3. The van der Waals surface area contributed by atoms with Crippen LogP contribution < -0.4 is 5.32 Å². The molecule has 1 rings (SSSR count). The van der Waals surface area contributed by atoms with Gasteiger partial charge in [0.2, 0.25) is 5.91 Å². The largest absolute Gasteiger partial charge is 0.377 e. The highest BCUT2D eigenvalue weighted by molar-refractivity contribution is 5.94. The molecule has 0 aliphatic rings. The monoisotopic (exact) mass is 304 g/mol. The summed E-state index contributed by atoms with van der Waals surface area (Å²) in [5.74, 6) is -0.209. The standard InChI is InChI=1S/C17H24N2O3/c1-13(2)22-12-11-18-16(20)10-7-14-5-8-15(9-6-14)17(21)19(3)4/h5-10,13H,11-12H2,1-4H3,(H,18,20)/b10-7+. The normalized spacial score (nSPS) is 11.0. The van der Waals surface area contributed by atoms with E-state index < -0.39 is 0 Å². The zero-order chi connectivity index (χ0) is 16.5. The van der Waals surface area contributed by atoms with Gasteiger partial charge in [-0.05, 0) is 37.6 Å². The van der Waals surface area contributed by atoms with Crippen molar-refractivity contribution in [2.45, 2.75) is 20.0 Å². The molecule has 22 heavy (non-hydrogen) atoms. The number of ether oxygens (including phenoxy) is 1. The zero-order valence-corrected chi connectivity index (χ0v) is 13.6. The van der Waals surface area contributed by atoms with Gasteiger partial charge in [0, 0.05) is 32.3 Å². The fourth-order valence-corrected chi connectivity index (χ4v) is 1.69. The Bertz CT molecular complexity index is 519. The number of rotatable bonds is 7. The van der Waals surface area contributed by atoms with Gasteiger partial charge in [0.15, 0.2) is 0 Å². The fourth-order valence-electron chi connectivity index (χ4n) is 1.69. The first-order chi connectivity index (χ1) is 10.4. The average Bonchev–Trinajstić information content (AvgIpc) is 2.49. The fraction of sp³-hybridized carbons (Fsp3) is 0.412. The van der Waals surface area contributed by atoms with Crippen LogP contribution in [0.25, 0.3) is 6.08 Å². The van der Waals surface area contributed by atoms with Crippen LogP contribution in [0.2, 0.25) is 0 Å². The highest BCUT2D eigenvalue weighted by Gasteiger charge is 2.06. The van der Waals surface area contributed by atoms with Crippen molar-refractivity contribution in [1.29, 1.82) is 0 Å². The molecule has 1 aromatic rings. The van der Waals surface area contributed by atoms with Gasteiger partial charge < -0.3 is 15.0 Å². The summed E-state index contributed by atoms with van der Waals surface area (Å²) in [6.07, 6.45) is 3.34. The Kier molecular flexibility index (Phi) is 7.32. The van der Waals surface area contributed by atoms with E-state index in [9.17, 15) is 9.59 Å². The molecule has 120 valence electrons. The van der Waals surface area contributed by atoms with Crippen molar-refractivity contribution < 1.29 is 14.3 Å². The van der Waals surface area contributed by atoms with E-state index in [1.165, 1.54) is 11.0 Å². The Morgan fingerprint density at radius 3 is 2.41 bits per heavy atom. The zero-order valence-electron chi connectivity index (χ0n) is 13.6. The molecular weight excluding hydrogens is 280 g/mol. The van der Waals surface area contributed by atoms with Gasteiger partial charge >= 0.3 is 0 Å². The van der Waals surface area contributed by atoms with Gasteiger partial charge in [-0.3, -0.25) is 9.59 Å². The third-order valence-corrected chi connectivity index (χ3v) is 2.84. The van der Waals surface area contributed by atoms with Crippen molar-refractivity contribution in [3.8, 4) is 0 Å². The van der Waals surface area contributed by atoms with Crippen LogP contribution in [0.3, 0.4) is 0 Å². The Balaban J connectivity index is 2.46. The van der Waals surface area contributed by atoms with E-state index >= 15 is 0 Å². The van der Waals surface area contributed by atoms with E-state index in [2.05, 4.69) is 5.32 Å². The number of carbonyl (C=O) groups excluding carboxylic acids is 2. The van der Waals surface area contributed by atoms with Crippen LogP contribution in [0.5, 0.6) is 0 Å². The van der Waals surface area contributed by atoms with E-state index in [4.69, 9.17) is 4.74 Å². The molecule has 0 bridgehead atoms. The maximum absolute atomic E-state index is 11.7. The summed E-state index contributed by atoms with van der Waals surface area (Å²) in [5.41, 5.74) is 1.49. The second kappa shape index (κ2) is 9.00. The molecule has 0 saturated heterocycles. The molecule has 0 heterocycles. The second-order valence-corrected chi connectivity index (χ2v) is 5.37. The van der Waals surface area contributed by atoms with Crippen molar-refractivity contribution in [1.82, 2.24) is 10.2 Å². The molecule has 1 aromatic carbocycles. The lowest BCUT2D eigenvalue weighted by atomic mass is 10.1. The Hall–Kier alpha value is -2.14. The first-order valence-electron chi connectivity index (χ1n) is 7.29. The molecule has 0 atom stereocenters. The molecule has 5 heteroatoms. The molecule has 0 aromatic heterocycles. The van der Waals surface area contributed by atoms with Crippen molar-refractivity contribution in [2.24, 2.45) is 0 Å². The van der Waals surface area contributed by atoms with E-state index in [0.717, 1.165) is 5.56 Å². The molecule has 0 aliphatic carbocycles. The van der Waals surface area contributed by atoms with Gasteiger partial charge in [-0.2, -0.15) is 0 Å². The van der Waals surface area contributed by atoms with Crippen LogP contribution in [0.4, 0.5) is 0 Å². The van der Waals surface area contributed by atoms with Gasteiger partial charge in [-0.25, -0.2) is 0 Å². The number of hydrogen-bond donors (Lipinski definition) is 1. The average molecular weight is 304 g/mol. The predicted octanol–water partition coefficient (Wildman–Crippen LogP) is 1.94. The van der Waals surface area contributed by atoms with Crippen LogP contribution in [-0.2, 0) is 9.53 Å². The molecule has 0 spiro atoms. The van der Waals surface area contributed by atoms with Gasteiger partial charge in [0.1, 0.15) is 0 Å². The molecule has 2 amide bonds. The Morgan fingerprint density at radius 2 is 1.86 bits per heavy atom. The maximum atomic E-state index is 11.7. The first-order valence-corrected chi connectivity index (χ1v) is 7.29. The summed E-state index contributed by atoms with van der Waals surface area (Å²) in [6.45, 7) is 4.88. The van der Waals surface area contributed by atoms with Crippen LogP contribution in [-0.4, -0.2) is 50.1 Å². The van der Waals surface area contributed by atoms with E-state index in [0.29, 0.717) is 18.7 Å². The van der Waals surface area contributed by atoms with E-state index in [-0.39, 0.29) is 17.9 Å². The van der Waals surface area contributed by atoms with Crippen molar-refractivity contribution >= 4 is 17.9 Å². The maximum Gasteiger partial charge on any atom is 0.253 e. The number of nitrogens with one attached hydrogen (secondary N) is 1. The summed E-state index contributed by atoms with van der Waals surface area (Å²) >= 11 is 0. The third kappa shape index (κ3) is 6.54. The highest BCUT2D eigenvalue weighted by Crippen LogP contribution is 2.07. The Labute approximate surface area is 132 Å². The Morgan fingerprint density at radius 1 is 1.23 bits per heavy atom. The van der Waals surface area contributed by atoms with Gasteiger partial charge in [0.25, 0.3) is 5.91 Å². The number of carbonyl (C=O) groups is 2.